The van der Waals surface area contributed by atoms with Crippen molar-refractivity contribution in [2.45, 2.75) is 33.2 Å². The van der Waals surface area contributed by atoms with Crippen LogP contribution in [0.3, 0.4) is 0 Å². The van der Waals surface area contributed by atoms with Gasteiger partial charge in [-0.1, -0.05) is 15.9 Å². The number of halogens is 1. The minimum absolute atomic E-state index is 0.0818. The molecule has 1 heterocycles. The molecular formula is C13H17BrN2O. The fourth-order valence-electron chi connectivity index (χ4n) is 2.24. The molecule has 1 amide bonds. The Bertz CT molecular complexity index is 483. The molecule has 0 spiro atoms. The lowest BCUT2D eigenvalue weighted by Crippen LogP contribution is -2.50. The third kappa shape index (κ3) is 2.32. The van der Waals surface area contributed by atoms with Crippen molar-refractivity contribution >= 4 is 33.2 Å². The first kappa shape index (κ1) is 12.4. The summed E-state index contributed by atoms with van der Waals surface area (Å²) in [6.45, 7) is 8.56. The van der Waals surface area contributed by atoms with Gasteiger partial charge in [-0.3, -0.25) is 4.79 Å². The number of carbonyl (C=O) groups excluding carboxylic acids is 1. The predicted molar refractivity (Wildman–Crippen MR) is 74.6 cm³/mol. The highest BCUT2D eigenvalue weighted by Gasteiger charge is 2.32. The minimum atomic E-state index is -0.0999. The molecular weight excluding hydrogens is 280 g/mol. The first-order chi connectivity index (χ1) is 7.80. The summed E-state index contributed by atoms with van der Waals surface area (Å²) >= 11 is 3.48. The molecule has 1 aromatic rings. The largest absolute Gasteiger partial charge is 0.376 e. The number of hydrogen-bond acceptors (Lipinski definition) is 2. The zero-order valence-electron chi connectivity index (χ0n) is 10.6. The van der Waals surface area contributed by atoms with Crippen molar-refractivity contribution in [2.75, 3.05) is 16.8 Å². The Morgan fingerprint density at radius 3 is 2.71 bits per heavy atom. The number of rotatable bonds is 0. The van der Waals surface area contributed by atoms with E-state index in [0.29, 0.717) is 6.54 Å². The Labute approximate surface area is 110 Å². The van der Waals surface area contributed by atoms with Crippen LogP contribution in [0, 0.1) is 6.92 Å². The zero-order chi connectivity index (χ0) is 12.8. The molecule has 0 saturated heterocycles. The second kappa shape index (κ2) is 4.02. The van der Waals surface area contributed by atoms with Crippen molar-refractivity contribution in [2.24, 2.45) is 0 Å². The summed E-state index contributed by atoms with van der Waals surface area (Å²) in [7, 11) is 0. The predicted octanol–water partition coefficient (Wildman–Crippen LogP) is 3.31. The maximum atomic E-state index is 11.8. The number of carbonyl (C=O) groups is 1. The van der Waals surface area contributed by atoms with Gasteiger partial charge in [0.05, 0.1) is 11.4 Å². The second-order valence-corrected chi connectivity index (χ2v) is 6.15. The van der Waals surface area contributed by atoms with Crippen LogP contribution in [0.1, 0.15) is 26.3 Å². The molecule has 0 unspecified atom stereocenters. The van der Waals surface area contributed by atoms with Gasteiger partial charge in [-0.25, -0.2) is 0 Å². The SMILES string of the molecule is CC(=O)N1CC(C)(C)Nc2c(C)cc(Br)cc21. The van der Waals surface area contributed by atoms with E-state index in [0.717, 1.165) is 21.4 Å². The quantitative estimate of drug-likeness (QED) is 0.796. The van der Waals surface area contributed by atoms with Crippen LogP contribution in [-0.2, 0) is 4.79 Å². The summed E-state index contributed by atoms with van der Waals surface area (Å²) in [5, 5.41) is 3.50. The van der Waals surface area contributed by atoms with Crippen LogP contribution in [0.25, 0.3) is 0 Å². The Kier molecular flexibility index (Phi) is 2.94. The van der Waals surface area contributed by atoms with E-state index in [1.54, 1.807) is 6.92 Å². The molecule has 0 bridgehead atoms. The third-order valence-electron chi connectivity index (χ3n) is 2.97. The molecule has 0 aromatic heterocycles. The molecule has 1 N–H and O–H groups in total. The number of amides is 1. The average Bonchev–Trinajstić information content (AvgIpc) is 2.17. The van der Waals surface area contributed by atoms with Crippen molar-refractivity contribution in [3.63, 3.8) is 0 Å². The smallest absolute Gasteiger partial charge is 0.224 e. The Hall–Kier alpha value is -1.03. The minimum Gasteiger partial charge on any atom is -0.376 e. The number of hydrogen-bond donors (Lipinski definition) is 1. The maximum Gasteiger partial charge on any atom is 0.224 e. The average molecular weight is 297 g/mol. The maximum absolute atomic E-state index is 11.8. The van der Waals surface area contributed by atoms with E-state index >= 15 is 0 Å². The lowest BCUT2D eigenvalue weighted by atomic mass is 9.97. The summed E-state index contributed by atoms with van der Waals surface area (Å²) < 4.78 is 1.00. The molecule has 1 aliphatic rings. The normalized spacial score (nSPS) is 17.4. The standard InChI is InChI=1S/C13H17BrN2O/c1-8-5-10(14)6-11-12(8)15-13(3,4)7-16(11)9(2)17/h5-6,15H,7H2,1-4H3. The van der Waals surface area contributed by atoms with E-state index in [2.05, 4.69) is 48.1 Å². The van der Waals surface area contributed by atoms with Gasteiger partial charge in [-0.15, -0.1) is 0 Å². The molecule has 1 aromatic carbocycles. The lowest BCUT2D eigenvalue weighted by molar-refractivity contribution is -0.116. The molecule has 17 heavy (non-hydrogen) atoms. The van der Waals surface area contributed by atoms with Crippen molar-refractivity contribution in [1.82, 2.24) is 0 Å². The third-order valence-corrected chi connectivity index (χ3v) is 3.43. The molecule has 92 valence electrons. The molecule has 0 saturated carbocycles. The summed E-state index contributed by atoms with van der Waals surface area (Å²) in [6.07, 6.45) is 0. The van der Waals surface area contributed by atoms with Crippen LogP contribution in [0.5, 0.6) is 0 Å². The van der Waals surface area contributed by atoms with Gasteiger partial charge in [-0.2, -0.15) is 0 Å². The van der Waals surface area contributed by atoms with Crippen molar-refractivity contribution in [3.8, 4) is 0 Å². The number of nitrogens with one attached hydrogen (secondary N) is 1. The number of nitrogens with zero attached hydrogens (tertiary/aromatic N) is 1. The molecule has 3 nitrogen and oxygen atoms in total. The summed E-state index contributed by atoms with van der Waals surface area (Å²) in [4.78, 5) is 13.6. The van der Waals surface area contributed by atoms with E-state index in [1.807, 2.05) is 11.0 Å². The van der Waals surface area contributed by atoms with Crippen LogP contribution in [0.4, 0.5) is 11.4 Å². The Morgan fingerprint density at radius 1 is 1.47 bits per heavy atom. The van der Waals surface area contributed by atoms with Gasteiger partial charge < -0.3 is 10.2 Å². The zero-order valence-corrected chi connectivity index (χ0v) is 12.2. The van der Waals surface area contributed by atoms with Gasteiger partial charge in [0.2, 0.25) is 5.91 Å². The molecule has 0 atom stereocenters. The lowest BCUT2D eigenvalue weighted by Gasteiger charge is -2.41. The topological polar surface area (TPSA) is 32.3 Å². The number of fused-ring (bicyclic) bond motifs is 1. The molecule has 0 radical (unpaired) electrons. The molecule has 2 rings (SSSR count). The fraction of sp³-hybridized carbons (Fsp3) is 0.462. The Morgan fingerprint density at radius 2 is 2.12 bits per heavy atom. The van der Waals surface area contributed by atoms with Crippen LogP contribution in [-0.4, -0.2) is 18.0 Å². The van der Waals surface area contributed by atoms with Crippen molar-refractivity contribution in [3.05, 3.63) is 22.2 Å². The molecule has 4 heteroatoms. The van der Waals surface area contributed by atoms with Gasteiger partial charge >= 0.3 is 0 Å². The van der Waals surface area contributed by atoms with E-state index in [-0.39, 0.29) is 11.4 Å². The van der Waals surface area contributed by atoms with E-state index in [4.69, 9.17) is 0 Å². The Balaban J connectivity index is 2.60. The van der Waals surface area contributed by atoms with E-state index < -0.39 is 0 Å². The van der Waals surface area contributed by atoms with Crippen molar-refractivity contribution < 1.29 is 4.79 Å². The van der Waals surface area contributed by atoms with Gasteiger partial charge in [0, 0.05) is 23.5 Å². The van der Waals surface area contributed by atoms with Crippen LogP contribution in [0.2, 0.25) is 0 Å². The van der Waals surface area contributed by atoms with Crippen molar-refractivity contribution in [1.29, 1.82) is 0 Å². The fourth-order valence-corrected chi connectivity index (χ4v) is 2.80. The van der Waals surface area contributed by atoms with Crippen LogP contribution in [0.15, 0.2) is 16.6 Å². The molecule has 0 aliphatic carbocycles. The second-order valence-electron chi connectivity index (χ2n) is 5.23. The van der Waals surface area contributed by atoms with E-state index in [1.165, 1.54) is 0 Å². The van der Waals surface area contributed by atoms with Gasteiger partial charge in [-0.05, 0) is 38.5 Å². The van der Waals surface area contributed by atoms with Crippen LogP contribution < -0.4 is 10.2 Å². The first-order valence-electron chi connectivity index (χ1n) is 5.66. The van der Waals surface area contributed by atoms with Crippen LogP contribution >= 0.6 is 15.9 Å². The van der Waals surface area contributed by atoms with Gasteiger partial charge in [0.25, 0.3) is 0 Å². The summed E-state index contributed by atoms with van der Waals surface area (Å²) in [5.41, 5.74) is 3.06. The highest BCUT2D eigenvalue weighted by Crippen LogP contribution is 2.39. The first-order valence-corrected chi connectivity index (χ1v) is 6.46. The highest BCUT2D eigenvalue weighted by molar-refractivity contribution is 9.10. The van der Waals surface area contributed by atoms with Gasteiger partial charge in [0.1, 0.15) is 0 Å². The van der Waals surface area contributed by atoms with Gasteiger partial charge in [0.15, 0.2) is 0 Å². The number of aryl methyl sites for hydroxylation is 1. The summed E-state index contributed by atoms with van der Waals surface area (Å²) in [6, 6.07) is 4.05. The number of benzene rings is 1. The summed E-state index contributed by atoms with van der Waals surface area (Å²) in [5.74, 6) is 0.0818. The van der Waals surface area contributed by atoms with E-state index in [9.17, 15) is 4.79 Å². The number of anilines is 2. The monoisotopic (exact) mass is 296 g/mol. The highest BCUT2D eigenvalue weighted by atomic mass is 79.9. The molecule has 1 aliphatic heterocycles. The molecule has 0 fully saturated rings.